The predicted octanol–water partition coefficient (Wildman–Crippen LogP) is 1.81. The van der Waals surface area contributed by atoms with Gasteiger partial charge in [0.1, 0.15) is 0 Å². The van der Waals surface area contributed by atoms with Gasteiger partial charge in [0.15, 0.2) is 0 Å². The van der Waals surface area contributed by atoms with E-state index < -0.39 is 0 Å². The van der Waals surface area contributed by atoms with Gasteiger partial charge in [0.25, 0.3) is 0 Å². The third-order valence-electron chi connectivity index (χ3n) is 3.77. The van der Waals surface area contributed by atoms with Crippen LogP contribution in [-0.4, -0.2) is 36.1 Å². The number of rotatable bonds is 2. The smallest absolute Gasteiger partial charge is 0.225 e. The molecule has 2 saturated heterocycles. The molecule has 0 aromatic heterocycles. The van der Waals surface area contributed by atoms with E-state index in [0.29, 0.717) is 24.1 Å². The molecule has 3 nitrogen and oxygen atoms in total. The lowest BCUT2D eigenvalue weighted by atomic mass is 9.98. The van der Waals surface area contributed by atoms with Crippen molar-refractivity contribution < 1.29 is 9.53 Å². The van der Waals surface area contributed by atoms with Crippen molar-refractivity contribution in [1.29, 1.82) is 0 Å². The third kappa shape index (κ3) is 1.89. The van der Waals surface area contributed by atoms with Crippen LogP contribution in [0.2, 0.25) is 0 Å². The van der Waals surface area contributed by atoms with E-state index in [-0.39, 0.29) is 5.92 Å². The number of hydrogen-bond acceptors (Lipinski definition) is 2. The standard InChI is InChI=1S/C12H21NO2/c1-8(2)12(14)13-9-4-5-10(13)7-11(6-9)15-3/h8-11H,4-7H2,1-3H3. The Labute approximate surface area is 91.8 Å². The second kappa shape index (κ2) is 4.12. The minimum atomic E-state index is 0.132. The first kappa shape index (κ1) is 10.9. The molecule has 0 saturated carbocycles. The van der Waals surface area contributed by atoms with Gasteiger partial charge in [-0.2, -0.15) is 0 Å². The Morgan fingerprint density at radius 1 is 1.27 bits per heavy atom. The van der Waals surface area contributed by atoms with E-state index in [1.165, 1.54) is 12.8 Å². The van der Waals surface area contributed by atoms with Gasteiger partial charge < -0.3 is 9.64 Å². The fraction of sp³-hybridized carbons (Fsp3) is 0.917. The molecule has 2 aliphatic heterocycles. The van der Waals surface area contributed by atoms with Gasteiger partial charge in [-0.1, -0.05) is 13.8 Å². The first-order valence-electron chi connectivity index (χ1n) is 5.98. The molecule has 15 heavy (non-hydrogen) atoms. The van der Waals surface area contributed by atoms with Gasteiger partial charge in [-0.25, -0.2) is 0 Å². The van der Waals surface area contributed by atoms with Crippen LogP contribution in [0.15, 0.2) is 0 Å². The number of carbonyl (C=O) groups is 1. The highest BCUT2D eigenvalue weighted by molar-refractivity contribution is 5.79. The largest absolute Gasteiger partial charge is 0.381 e. The summed E-state index contributed by atoms with van der Waals surface area (Å²) in [6.07, 6.45) is 4.78. The van der Waals surface area contributed by atoms with Crippen LogP contribution in [0, 0.1) is 5.92 Å². The van der Waals surface area contributed by atoms with Crippen LogP contribution in [0.3, 0.4) is 0 Å². The van der Waals surface area contributed by atoms with E-state index in [1.807, 2.05) is 13.8 Å². The Morgan fingerprint density at radius 3 is 2.20 bits per heavy atom. The Balaban J connectivity index is 2.07. The van der Waals surface area contributed by atoms with Crippen LogP contribution >= 0.6 is 0 Å². The zero-order chi connectivity index (χ0) is 11.0. The summed E-state index contributed by atoms with van der Waals surface area (Å²) in [5.41, 5.74) is 0. The number of piperidine rings is 1. The summed E-state index contributed by atoms with van der Waals surface area (Å²) >= 11 is 0. The summed E-state index contributed by atoms with van der Waals surface area (Å²) in [5.74, 6) is 0.462. The molecule has 2 bridgehead atoms. The van der Waals surface area contributed by atoms with Crippen molar-refractivity contribution in [2.24, 2.45) is 5.92 Å². The molecule has 2 rings (SSSR count). The number of nitrogens with zero attached hydrogens (tertiary/aromatic N) is 1. The minimum Gasteiger partial charge on any atom is -0.381 e. The molecule has 0 N–H and O–H groups in total. The van der Waals surface area contributed by atoms with E-state index in [4.69, 9.17) is 4.74 Å². The maximum Gasteiger partial charge on any atom is 0.225 e. The molecule has 2 heterocycles. The Bertz CT molecular complexity index is 238. The number of ether oxygens (including phenoxy) is 1. The van der Waals surface area contributed by atoms with Gasteiger partial charge >= 0.3 is 0 Å². The summed E-state index contributed by atoms with van der Waals surface area (Å²) < 4.78 is 5.42. The summed E-state index contributed by atoms with van der Waals surface area (Å²) in [6, 6.07) is 0.896. The molecule has 2 atom stereocenters. The van der Waals surface area contributed by atoms with Gasteiger partial charge in [-0.05, 0) is 25.7 Å². The van der Waals surface area contributed by atoms with E-state index in [0.717, 1.165) is 12.8 Å². The summed E-state index contributed by atoms with van der Waals surface area (Å²) in [7, 11) is 1.78. The molecule has 2 unspecified atom stereocenters. The fourth-order valence-electron chi connectivity index (χ4n) is 2.98. The lowest BCUT2D eigenvalue weighted by Crippen LogP contribution is -2.49. The monoisotopic (exact) mass is 211 g/mol. The zero-order valence-electron chi connectivity index (χ0n) is 9.90. The fourth-order valence-corrected chi connectivity index (χ4v) is 2.98. The molecule has 1 amide bonds. The second-order valence-electron chi connectivity index (χ2n) is 5.11. The van der Waals surface area contributed by atoms with Gasteiger partial charge in [0, 0.05) is 25.1 Å². The summed E-state index contributed by atoms with van der Waals surface area (Å²) in [4.78, 5) is 14.2. The van der Waals surface area contributed by atoms with Crippen LogP contribution in [0.25, 0.3) is 0 Å². The van der Waals surface area contributed by atoms with Crippen molar-refractivity contribution in [1.82, 2.24) is 4.90 Å². The number of hydrogen-bond donors (Lipinski definition) is 0. The quantitative estimate of drug-likeness (QED) is 0.697. The van der Waals surface area contributed by atoms with E-state index in [2.05, 4.69) is 4.90 Å². The summed E-state index contributed by atoms with van der Waals surface area (Å²) in [5, 5.41) is 0. The molecule has 0 aromatic carbocycles. The molecule has 0 spiro atoms. The number of fused-ring (bicyclic) bond motifs is 2. The molecule has 3 heteroatoms. The molecule has 0 radical (unpaired) electrons. The average molecular weight is 211 g/mol. The van der Waals surface area contributed by atoms with Gasteiger partial charge in [0.2, 0.25) is 5.91 Å². The van der Waals surface area contributed by atoms with Crippen molar-refractivity contribution in [2.75, 3.05) is 7.11 Å². The van der Waals surface area contributed by atoms with Crippen LogP contribution < -0.4 is 0 Å². The Hall–Kier alpha value is -0.570. The van der Waals surface area contributed by atoms with Crippen molar-refractivity contribution >= 4 is 5.91 Å². The molecule has 0 aromatic rings. The first-order chi connectivity index (χ1) is 7.13. The highest BCUT2D eigenvalue weighted by atomic mass is 16.5. The Kier molecular flexibility index (Phi) is 3.01. The van der Waals surface area contributed by atoms with Gasteiger partial charge in [-0.3, -0.25) is 4.79 Å². The summed E-state index contributed by atoms with van der Waals surface area (Å²) in [6.45, 7) is 3.98. The molecular weight excluding hydrogens is 190 g/mol. The molecular formula is C12H21NO2. The lowest BCUT2D eigenvalue weighted by molar-refractivity contribution is -0.141. The van der Waals surface area contributed by atoms with Crippen LogP contribution in [0.4, 0.5) is 0 Å². The van der Waals surface area contributed by atoms with E-state index >= 15 is 0 Å². The van der Waals surface area contributed by atoms with Crippen LogP contribution in [0.1, 0.15) is 39.5 Å². The second-order valence-corrected chi connectivity index (χ2v) is 5.11. The number of carbonyl (C=O) groups excluding carboxylic acids is 1. The van der Waals surface area contributed by atoms with Gasteiger partial charge in [0.05, 0.1) is 6.10 Å². The van der Waals surface area contributed by atoms with Crippen LogP contribution in [0.5, 0.6) is 0 Å². The minimum absolute atomic E-state index is 0.132. The van der Waals surface area contributed by atoms with Crippen molar-refractivity contribution in [3.05, 3.63) is 0 Å². The van der Waals surface area contributed by atoms with Crippen LogP contribution in [-0.2, 0) is 9.53 Å². The van der Waals surface area contributed by atoms with E-state index in [9.17, 15) is 4.79 Å². The highest BCUT2D eigenvalue weighted by Crippen LogP contribution is 2.37. The van der Waals surface area contributed by atoms with Crippen molar-refractivity contribution in [3.8, 4) is 0 Å². The van der Waals surface area contributed by atoms with E-state index in [1.54, 1.807) is 7.11 Å². The Morgan fingerprint density at radius 2 is 1.80 bits per heavy atom. The molecule has 86 valence electrons. The third-order valence-corrected chi connectivity index (χ3v) is 3.77. The maximum atomic E-state index is 12.0. The SMILES string of the molecule is COC1CC2CCC(C1)N2C(=O)C(C)C. The molecule has 2 aliphatic rings. The normalized spacial score (nSPS) is 34.9. The number of methoxy groups -OCH3 is 1. The van der Waals surface area contributed by atoms with Crippen molar-refractivity contribution in [3.63, 3.8) is 0 Å². The molecule has 0 aliphatic carbocycles. The zero-order valence-corrected chi connectivity index (χ0v) is 9.90. The average Bonchev–Trinajstić information content (AvgIpc) is 2.47. The lowest BCUT2D eigenvalue weighted by Gasteiger charge is -2.39. The number of amides is 1. The topological polar surface area (TPSA) is 29.5 Å². The maximum absolute atomic E-state index is 12.0. The van der Waals surface area contributed by atoms with Crippen molar-refractivity contribution in [2.45, 2.75) is 57.7 Å². The molecule has 2 fully saturated rings. The predicted molar refractivity (Wildman–Crippen MR) is 58.5 cm³/mol. The first-order valence-corrected chi connectivity index (χ1v) is 5.98. The highest BCUT2D eigenvalue weighted by Gasteiger charge is 2.43. The van der Waals surface area contributed by atoms with Gasteiger partial charge in [-0.15, -0.1) is 0 Å².